The number of urea groups is 1. The molecule has 1 saturated heterocycles. The lowest BCUT2D eigenvalue weighted by Gasteiger charge is -2.36. The molecule has 0 radical (unpaired) electrons. The van der Waals surface area contributed by atoms with Gasteiger partial charge in [0.15, 0.2) is 0 Å². The number of rotatable bonds is 18. The fraction of sp³-hybridized carbons (Fsp3) is 0.488. The Balaban J connectivity index is 1.58. The zero-order valence-corrected chi connectivity index (χ0v) is 32.4. The summed E-state index contributed by atoms with van der Waals surface area (Å²) in [5, 5.41) is 28.5. The average molecular weight is 744 g/mol. The van der Waals surface area contributed by atoms with Gasteiger partial charge in [-0.25, -0.2) is 14.6 Å². The summed E-state index contributed by atoms with van der Waals surface area (Å²) in [7, 11) is 0. The minimum atomic E-state index is -1.33. The van der Waals surface area contributed by atoms with Crippen molar-refractivity contribution in [3.8, 4) is 0 Å². The molecule has 4 rings (SSSR count). The fourth-order valence-electron chi connectivity index (χ4n) is 6.71. The van der Waals surface area contributed by atoms with Crippen molar-refractivity contribution in [3.05, 3.63) is 101 Å². The molecule has 2 heterocycles. The molecular formula is C41H57N7O6. The highest BCUT2D eigenvalue weighted by atomic mass is 16.4. The number of amides is 5. The first kappa shape index (κ1) is 41.7. The minimum absolute atomic E-state index is 0.0752. The molecule has 13 heteroatoms. The SMILES string of the molecule is CC[C@H](C)[C@@H](C(=O)N[C@@H](Cc1ccccc1)[C@@H](O)CN(CCc1ccccc1)NC(=O)[C@@H](NC(=O)O)C(C)(C)C)N1CCN(Cc2cccc(C)n2)C1=O. The summed E-state index contributed by atoms with van der Waals surface area (Å²) in [4.78, 5) is 61.3. The Morgan fingerprint density at radius 2 is 1.56 bits per heavy atom. The van der Waals surface area contributed by atoms with Crippen LogP contribution in [0, 0.1) is 18.3 Å². The standard InChI is InChI=1S/C41H57N7O6/c1-7-28(2)35(48-24-23-46(40(48)54)26-32-20-14-15-29(3)42-32)37(50)43-33(25-31-18-12-9-13-19-31)34(49)27-47(22-21-30-16-10-8-11-17-30)45-38(51)36(41(4,5)6)44-39(52)53/h8-20,28,33-36,44,49H,7,21-27H2,1-6H3,(H,43,50)(H,45,51)(H,52,53)/t28-,33-,34-,35-,36+/m0/s1. The molecule has 2 aromatic carbocycles. The van der Waals surface area contributed by atoms with E-state index in [4.69, 9.17) is 0 Å². The van der Waals surface area contributed by atoms with Gasteiger partial charge in [0.05, 0.1) is 24.4 Å². The number of carbonyl (C=O) groups is 4. The molecule has 1 fully saturated rings. The number of carboxylic acid groups (broad SMARTS) is 1. The summed E-state index contributed by atoms with van der Waals surface area (Å²) < 4.78 is 0. The van der Waals surface area contributed by atoms with Gasteiger partial charge in [-0.15, -0.1) is 0 Å². The van der Waals surface area contributed by atoms with Crippen LogP contribution in [-0.2, 0) is 29.0 Å². The molecule has 0 unspecified atom stereocenters. The Morgan fingerprint density at radius 1 is 0.907 bits per heavy atom. The van der Waals surface area contributed by atoms with Gasteiger partial charge in [-0.2, -0.15) is 0 Å². The van der Waals surface area contributed by atoms with Gasteiger partial charge in [0, 0.05) is 31.9 Å². The number of nitrogens with one attached hydrogen (secondary N) is 3. The van der Waals surface area contributed by atoms with Crippen molar-refractivity contribution in [2.45, 2.75) is 91.6 Å². The largest absolute Gasteiger partial charge is 0.465 e. The van der Waals surface area contributed by atoms with Gasteiger partial charge in [0.1, 0.15) is 12.1 Å². The van der Waals surface area contributed by atoms with E-state index in [-0.39, 0.29) is 30.8 Å². The normalized spacial score (nSPS) is 16.0. The molecule has 54 heavy (non-hydrogen) atoms. The van der Waals surface area contributed by atoms with E-state index in [2.05, 4.69) is 21.0 Å². The predicted octanol–water partition coefficient (Wildman–Crippen LogP) is 4.39. The predicted molar refractivity (Wildman–Crippen MR) is 207 cm³/mol. The highest BCUT2D eigenvalue weighted by Crippen LogP contribution is 2.23. The average Bonchev–Trinajstić information content (AvgIpc) is 3.47. The van der Waals surface area contributed by atoms with Crippen molar-refractivity contribution >= 4 is 23.9 Å². The topological polar surface area (TPSA) is 167 Å². The number of hydrogen-bond donors (Lipinski definition) is 5. The first-order valence-electron chi connectivity index (χ1n) is 18.8. The molecule has 5 amide bonds. The number of hydrogen-bond acceptors (Lipinski definition) is 7. The zero-order chi connectivity index (χ0) is 39.4. The molecule has 3 aromatic rings. The Morgan fingerprint density at radius 3 is 2.15 bits per heavy atom. The van der Waals surface area contributed by atoms with Crippen LogP contribution in [-0.4, -0.2) is 104 Å². The quantitative estimate of drug-likeness (QED) is 0.120. The summed E-state index contributed by atoms with van der Waals surface area (Å²) in [5.41, 5.74) is 5.64. The van der Waals surface area contributed by atoms with E-state index in [1.165, 1.54) is 0 Å². The van der Waals surface area contributed by atoms with Gasteiger partial charge in [0.25, 0.3) is 5.91 Å². The van der Waals surface area contributed by atoms with Gasteiger partial charge < -0.3 is 30.6 Å². The Hall–Kier alpha value is -5.01. The number of aliphatic hydroxyl groups is 1. The molecule has 0 saturated carbocycles. The van der Waals surface area contributed by atoms with Crippen molar-refractivity contribution in [3.63, 3.8) is 0 Å². The number of benzene rings is 2. The molecule has 1 aliphatic heterocycles. The molecule has 0 spiro atoms. The van der Waals surface area contributed by atoms with Crippen molar-refractivity contribution < 1.29 is 29.4 Å². The van der Waals surface area contributed by atoms with Crippen LogP contribution in [0.2, 0.25) is 0 Å². The van der Waals surface area contributed by atoms with Gasteiger partial charge in [0.2, 0.25) is 5.91 Å². The summed E-state index contributed by atoms with van der Waals surface area (Å²) in [6, 6.07) is 22.0. The number of aliphatic hydroxyl groups excluding tert-OH is 1. The third kappa shape index (κ3) is 12.0. The maximum Gasteiger partial charge on any atom is 0.405 e. The summed E-state index contributed by atoms with van der Waals surface area (Å²) >= 11 is 0. The molecule has 5 atom stereocenters. The summed E-state index contributed by atoms with van der Waals surface area (Å²) in [6.45, 7) is 12.5. The van der Waals surface area contributed by atoms with Crippen LogP contribution in [0.3, 0.4) is 0 Å². The lowest BCUT2D eigenvalue weighted by Crippen LogP contribution is -2.60. The van der Waals surface area contributed by atoms with E-state index in [9.17, 15) is 29.4 Å². The van der Waals surface area contributed by atoms with Gasteiger partial charge in [-0.3, -0.25) is 20.0 Å². The second-order valence-electron chi connectivity index (χ2n) is 15.3. The van der Waals surface area contributed by atoms with Crippen LogP contribution in [0.1, 0.15) is 63.6 Å². The number of pyridine rings is 1. The van der Waals surface area contributed by atoms with Gasteiger partial charge in [-0.1, -0.05) is 108 Å². The lowest BCUT2D eigenvalue weighted by molar-refractivity contribution is -0.132. The van der Waals surface area contributed by atoms with E-state index in [1.807, 2.05) is 99.6 Å². The van der Waals surface area contributed by atoms with E-state index in [0.717, 1.165) is 22.5 Å². The van der Waals surface area contributed by atoms with Crippen LogP contribution in [0.15, 0.2) is 78.9 Å². The van der Waals surface area contributed by atoms with Crippen LogP contribution < -0.4 is 16.1 Å². The molecule has 5 N–H and O–H groups in total. The monoisotopic (exact) mass is 743 g/mol. The number of hydrazine groups is 1. The number of aromatic nitrogens is 1. The first-order chi connectivity index (χ1) is 25.7. The Kier molecular flexibility index (Phi) is 15.0. The zero-order valence-electron chi connectivity index (χ0n) is 32.4. The highest BCUT2D eigenvalue weighted by molar-refractivity contribution is 5.88. The Bertz CT molecular complexity index is 1690. The number of aryl methyl sites for hydroxylation is 1. The molecule has 0 aliphatic carbocycles. The summed E-state index contributed by atoms with van der Waals surface area (Å²) in [5.74, 6) is -1.12. The second-order valence-corrected chi connectivity index (χ2v) is 15.3. The van der Waals surface area contributed by atoms with E-state index in [1.54, 1.807) is 35.6 Å². The number of nitrogens with zero attached hydrogens (tertiary/aromatic N) is 4. The third-order valence-corrected chi connectivity index (χ3v) is 9.89. The highest BCUT2D eigenvalue weighted by Gasteiger charge is 2.41. The molecule has 0 bridgehead atoms. The van der Waals surface area contributed by atoms with Crippen LogP contribution >= 0.6 is 0 Å². The maximum absolute atomic E-state index is 14.4. The van der Waals surface area contributed by atoms with Crippen molar-refractivity contribution in [2.75, 3.05) is 26.2 Å². The van der Waals surface area contributed by atoms with Crippen LogP contribution in [0.4, 0.5) is 9.59 Å². The van der Waals surface area contributed by atoms with E-state index < -0.39 is 41.6 Å². The van der Waals surface area contributed by atoms with Crippen molar-refractivity contribution in [1.82, 2.24) is 35.9 Å². The van der Waals surface area contributed by atoms with E-state index >= 15 is 0 Å². The molecular weight excluding hydrogens is 686 g/mol. The van der Waals surface area contributed by atoms with Crippen LogP contribution in [0.5, 0.6) is 0 Å². The Labute approximate surface area is 319 Å². The lowest BCUT2D eigenvalue weighted by atomic mass is 9.86. The van der Waals surface area contributed by atoms with Crippen molar-refractivity contribution in [1.29, 1.82) is 0 Å². The minimum Gasteiger partial charge on any atom is -0.465 e. The van der Waals surface area contributed by atoms with Crippen LogP contribution in [0.25, 0.3) is 0 Å². The molecule has 292 valence electrons. The first-order valence-corrected chi connectivity index (χ1v) is 18.8. The molecule has 13 nitrogen and oxygen atoms in total. The van der Waals surface area contributed by atoms with Crippen molar-refractivity contribution in [2.24, 2.45) is 11.3 Å². The summed E-state index contributed by atoms with van der Waals surface area (Å²) in [6.07, 6.45) is -1.05. The van der Waals surface area contributed by atoms with Gasteiger partial charge in [-0.05, 0) is 54.4 Å². The molecule has 1 aliphatic rings. The second kappa shape index (κ2) is 19.4. The maximum atomic E-state index is 14.4. The van der Waals surface area contributed by atoms with E-state index in [0.29, 0.717) is 39.0 Å². The third-order valence-electron chi connectivity index (χ3n) is 9.89. The fourth-order valence-corrected chi connectivity index (χ4v) is 6.71. The van der Waals surface area contributed by atoms with Gasteiger partial charge >= 0.3 is 12.1 Å². The number of carbonyl (C=O) groups excluding carboxylic acids is 3. The smallest absolute Gasteiger partial charge is 0.405 e. The molecule has 1 aromatic heterocycles.